The monoisotopic (exact) mass is 1620 g/mol. The van der Waals surface area contributed by atoms with E-state index < -0.39 is 5.97 Å². The summed E-state index contributed by atoms with van der Waals surface area (Å²) in [6.45, 7) is 3.76. The zero-order valence-electron chi connectivity index (χ0n) is 65.2. The standard InChI is InChI=1S/C22H16N4OS.C21H14N4OS.C19H18N4.C18H16N4.C15H10N4O2/c23-19-18-20-14(10-13-6-4-5-9-16(13)26-20)11-25-22(18)28-21(19)17(27)12-24-15-7-2-1-3-8-15;22-11-17-20-15(10-14-6-4-5-9-18(14)25-20)12-23-21(17)27-13-19(26)24-16-7-2-1-3-8-16;20-12-16-18-15(11-14-7-3-4-8-17(14)22-18)13-21-19(16)23-9-5-1-2-6-10-23;19-11-15-17-14(10-13-6-2-3-7-16(13)21-17)12-20-18(15)22-8-4-1-5-9-22;16-6-11-14-10(7-17-15(11)18-8-13(20)21)5-9-3-1-2-4-12(9)19-14/h1-11,24H,12,23H2;1-10,12H,13H2,(H,24,26);3-4,7-8,11,13H,1-2,5-6,9-10H2;2-3,6-7,10,12H,1,4-5,8-9H2;1-5,7H,8H2,(H,17,18)(H,20,21). The quantitative estimate of drug-likeness (QED) is 0.0406. The predicted molar refractivity (Wildman–Crippen MR) is 482 cm³/mol. The molecule has 2 aliphatic heterocycles. The van der Waals surface area contributed by atoms with E-state index in [9.17, 15) is 35.4 Å². The van der Waals surface area contributed by atoms with Gasteiger partial charge >= 0.3 is 5.97 Å². The number of thiophene rings is 1. The Bertz CT molecular complexity index is 7200. The van der Waals surface area contributed by atoms with Crippen LogP contribution >= 0.6 is 23.1 Å². The van der Waals surface area contributed by atoms with Gasteiger partial charge in [-0.3, -0.25) is 14.4 Å². The maximum Gasteiger partial charge on any atom is 0.322 e. The van der Waals surface area contributed by atoms with E-state index in [-0.39, 0.29) is 41.9 Å². The van der Waals surface area contributed by atoms with Gasteiger partial charge in [-0.1, -0.05) is 152 Å². The van der Waals surface area contributed by atoms with Gasteiger partial charge in [-0.05, 0) is 117 Å². The van der Waals surface area contributed by atoms with Crippen LogP contribution < -0.4 is 31.5 Å². The zero-order valence-corrected chi connectivity index (χ0v) is 66.8. The Labute approximate surface area is 701 Å². The normalized spacial score (nSPS) is 12.5. The highest BCUT2D eigenvalue weighted by Crippen LogP contribution is 2.39. The molecule has 11 aromatic heterocycles. The first-order valence-corrected chi connectivity index (χ1v) is 41.1. The van der Waals surface area contributed by atoms with Crippen molar-refractivity contribution in [1.29, 1.82) is 21.0 Å². The van der Waals surface area contributed by atoms with E-state index in [0.717, 1.165) is 183 Å². The molecule has 20 rings (SSSR count). The summed E-state index contributed by atoms with van der Waals surface area (Å²) in [4.78, 5) is 86.9. The average Bonchev–Trinajstić information content (AvgIpc) is 1.48. The smallest absolute Gasteiger partial charge is 0.322 e. The average molecular weight is 1620 g/mol. The first-order valence-electron chi connectivity index (χ1n) is 39.3. The second-order valence-corrected chi connectivity index (χ2v) is 30.7. The van der Waals surface area contributed by atoms with Crippen LogP contribution in [0.25, 0.3) is 119 Å². The summed E-state index contributed by atoms with van der Waals surface area (Å²) >= 11 is 2.56. The number of carbonyl (C=O) groups is 3. The Balaban J connectivity index is 0.000000113. The number of hydrogen-bond acceptors (Lipinski definition) is 24. The molecule has 26 heteroatoms. The molecule has 13 heterocycles. The highest BCUT2D eigenvalue weighted by atomic mass is 32.2. The minimum atomic E-state index is -1.02. The number of para-hydroxylation sites is 7. The maximum atomic E-state index is 12.8. The van der Waals surface area contributed by atoms with E-state index in [1.165, 1.54) is 42.4 Å². The Hall–Kier alpha value is -15.5. The first-order chi connectivity index (χ1) is 59.4. The molecule has 6 N–H and O–H groups in total. The number of carbonyl (C=O) groups excluding carboxylic acids is 2. The second-order valence-electron chi connectivity index (χ2n) is 28.7. The molecule has 0 radical (unpaired) electrons. The third kappa shape index (κ3) is 17.8. The van der Waals surface area contributed by atoms with Gasteiger partial charge in [-0.25, -0.2) is 49.8 Å². The summed E-state index contributed by atoms with van der Waals surface area (Å²) in [5.74, 6) is 0.752. The van der Waals surface area contributed by atoms with Crippen molar-refractivity contribution >= 4 is 195 Å². The van der Waals surface area contributed by atoms with Crippen molar-refractivity contribution in [2.24, 2.45) is 0 Å². The number of nitrogens with one attached hydrogen (secondary N) is 3. The molecule has 1 amide bonds. The van der Waals surface area contributed by atoms with Crippen LogP contribution in [0, 0.1) is 45.3 Å². The Morgan fingerprint density at radius 1 is 0.413 bits per heavy atom. The van der Waals surface area contributed by atoms with Gasteiger partial charge in [-0.15, -0.1) is 11.3 Å². The molecular formula is C95H74N20O4S2. The Morgan fingerprint density at radius 2 is 0.785 bits per heavy atom. The highest BCUT2D eigenvalue weighted by Gasteiger charge is 2.24. The molecule has 0 atom stereocenters. The van der Waals surface area contributed by atoms with Gasteiger partial charge in [0.2, 0.25) is 5.91 Å². The van der Waals surface area contributed by atoms with Crippen molar-refractivity contribution < 1.29 is 19.5 Å². The number of benzene rings is 7. The van der Waals surface area contributed by atoms with Crippen molar-refractivity contribution in [3.63, 3.8) is 0 Å². The summed E-state index contributed by atoms with van der Waals surface area (Å²) in [5.41, 5.74) is 18.1. The SMILES string of the molecule is N#Cc1c(N2CCCCC2)ncc2cc3ccccc3nc12.N#Cc1c(N2CCCCCC2)ncc2cc3ccccc3nc12.N#Cc1c(NCC(=O)O)ncc2cc3ccccc3nc12.N#Cc1c(SCC(=O)Nc2ccccc2)ncc2cc3ccccc3nc12.Nc1c(C(=O)CNc2ccccc2)sc2ncc3cc4ccccc4nc3c12. The predicted octanol–water partition coefficient (Wildman–Crippen LogP) is 19.1. The molecule has 0 saturated carbocycles. The van der Waals surface area contributed by atoms with Crippen LogP contribution in [0.4, 0.5) is 34.5 Å². The maximum absolute atomic E-state index is 12.8. The van der Waals surface area contributed by atoms with Gasteiger partial charge in [-0.2, -0.15) is 21.0 Å². The molecule has 0 bridgehead atoms. The number of Topliss-reactive ketones (excluding diaryl/α,β-unsaturated/α-hetero) is 1. The van der Waals surface area contributed by atoms with Gasteiger partial charge in [0.15, 0.2) is 5.78 Å². The van der Waals surface area contributed by atoms with E-state index >= 15 is 0 Å². The van der Waals surface area contributed by atoms with Crippen LogP contribution in [0.3, 0.4) is 0 Å². The van der Waals surface area contributed by atoms with Crippen molar-refractivity contribution in [1.82, 2.24) is 49.8 Å². The number of carboxylic acids is 1. The number of nitrogens with zero attached hydrogens (tertiary/aromatic N) is 16. The third-order valence-corrected chi connectivity index (χ3v) is 22.8. The van der Waals surface area contributed by atoms with E-state index in [0.29, 0.717) is 43.3 Å². The van der Waals surface area contributed by atoms with Crippen LogP contribution in [0.5, 0.6) is 0 Å². The molecule has 24 nitrogen and oxygen atoms in total. The number of aliphatic carboxylic acids is 1. The highest BCUT2D eigenvalue weighted by molar-refractivity contribution is 8.00. The fraction of sp³-hybridized carbons (Fsp3) is 0.147. The summed E-state index contributed by atoms with van der Waals surface area (Å²) in [6.07, 6.45) is 17.2. The lowest BCUT2D eigenvalue weighted by Gasteiger charge is -2.28. The number of aromatic nitrogens is 10. The summed E-state index contributed by atoms with van der Waals surface area (Å²) in [6, 6.07) is 77.1. The van der Waals surface area contributed by atoms with Crippen molar-refractivity contribution in [2.75, 3.05) is 76.5 Å². The Kier molecular flexibility index (Phi) is 24.1. The largest absolute Gasteiger partial charge is 0.480 e. The molecule has 0 unspecified atom stereocenters. The number of nitrogen functional groups attached to an aromatic ring is 1. The number of rotatable bonds is 13. The molecule has 590 valence electrons. The number of hydrogen-bond donors (Lipinski definition) is 5. The molecule has 121 heavy (non-hydrogen) atoms. The van der Waals surface area contributed by atoms with Crippen LogP contribution in [0.1, 0.15) is 76.9 Å². The van der Waals surface area contributed by atoms with Gasteiger partial charge in [0, 0.05) is 122 Å². The number of pyridine rings is 10. The molecule has 0 aliphatic carbocycles. The van der Waals surface area contributed by atoms with Crippen LogP contribution in [0.15, 0.2) is 248 Å². The van der Waals surface area contributed by atoms with Gasteiger partial charge in [0.05, 0.1) is 83.4 Å². The van der Waals surface area contributed by atoms with Gasteiger partial charge in [0.1, 0.15) is 80.4 Å². The molecule has 2 aliphatic rings. The number of thioether (sulfide) groups is 1. The zero-order chi connectivity index (χ0) is 83.1. The van der Waals surface area contributed by atoms with E-state index in [4.69, 9.17) is 25.8 Å². The number of piperidine rings is 1. The molecule has 18 aromatic rings. The van der Waals surface area contributed by atoms with Crippen molar-refractivity contribution in [2.45, 2.75) is 50.0 Å². The number of anilines is 6. The van der Waals surface area contributed by atoms with E-state index in [1.807, 2.05) is 213 Å². The number of nitriles is 4. The van der Waals surface area contributed by atoms with Gasteiger partial charge < -0.3 is 36.6 Å². The fourth-order valence-corrected chi connectivity index (χ4v) is 16.6. The molecule has 2 fully saturated rings. The minimum Gasteiger partial charge on any atom is -0.480 e. The fourth-order valence-electron chi connectivity index (χ4n) is 14.8. The molecule has 2 saturated heterocycles. The molecular weight excluding hydrogens is 1550 g/mol. The lowest BCUT2D eigenvalue weighted by atomic mass is 10.1. The number of carboxylic acid groups (broad SMARTS) is 1. The topological polar surface area (TPSA) is 364 Å². The second kappa shape index (κ2) is 36.8. The van der Waals surface area contributed by atoms with Crippen LogP contribution in [-0.4, -0.2) is 118 Å². The molecule has 7 aromatic carbocycles. The van der Waals surface area contributed by atoms with E-state index in [2.05, 4.69) is 97.0 Å². The van der Waals surface area contributed by atoms with Gasteiger partial charge in [0.25, 0.3) is 0 Å². The summed E-state index contributed by atoms with van der Waals surface area (Å²) in [5, 5.41) is 66.4. The number of nitrogens with two attached hydrogens (primary N) is 1. The number of amides is 1. The minimum absolute atomic E-state index is 0.0571. The van der Waals surface area contributed by atoms with Crippen molar-refractivity contribution in [3.05, 3.63) is 270 Å². The Morgan fingerprint density at radius 3 is 1.23 bits per heavy atom. The van der Waals surface area contributed by atoms with E-state index in [1.54, 1.807) is 18.6 Å². The number of ketones is 1. The molecule has 0 spiro atoms. The van der Waals surface area contributed by atoms with Crippen molar-refractivity contribution in [3.8, 4) is 24.3 Å². The first kappa shape index (κ1) is 79.4. The third-order valence-electron chi connectivity index (χ3n) is 20.7. The lowest BCUT2D eigenvalue weighted by Crippen LogP contribution is -2.30. The van der Waals surface area contributed by atoms with Crippen LogP contribution in [0.2, 0.25) is 0 Å². The lowest BCUT2D eigenvalue weighted by molar-refractivity contribution is -0.135. The summed E-state index contributed by atoms with van der Waals surface area (Å²) < 4.78 is 0. The number of fused-ring (bicyclic) bond motifs is 12. The van der Waals surface area contributed by atoms with Crippen LogP contribution in [-0.2, 0) is 9.59 Å². The summed E-state index contributed by atoms with van der Waals surface area (Å²) in [7, 11) is 0.